The maximum atomic E-state index is 13.8. The Hall–Kier alpha value is -2.28. The first kappa shape index (κ1) is 15.6. The first-order valence-electron chi connectivity index (χ1n) is 7.54. The van der Waals surface area contributed by atoms with Crippen LogP contribution in [0.5, 0.6) is 0 Å². The minimum atomic E-state index is -0.651. The minimum absolute atomic E-state index is 0.0443. The van der Waals surface area contributed by atoms with E-state index in [1.54, 1.807) is 6.20 Å². The van der Waals surface area contributed by atoms with Gasteiger partial charge in [-0.3, -0.25) is 9.69 Å². The zero-order valence-electron chi connectivity index (χ0n) is 12.6. The molecule has 1 saturated heterocycles. The van der Waals surface area contributed by atoms with Gasteiger partial charge in [-0.2, -0.15) is 5.10 Å². The van der Waals surface area contributed by atoms with Crippen LogP contribution < -0.4 is 5.73 Å². The Balaban J connectivity index is 1.65. The lowest BCUT2D eigenvalue weighted by atomic mass is 9.96. The summed E-state index contributed by atoms with van der Waals surface area (Å²) >= 11 is 0. The van der Waals surface area contributed by atoms with Crippen LogP contribution in [0.15, 0.2) is 30.5 Å². The summed E-state index contributed by atoms with van der Waals surface area (Å²) < 4.78 is 28.1. The normalized spacial score (nSPS) is 16.6. The molecule has 1 aromatic heterocycles. The molecule has 1 aromatic carbocycles. The molecule has 1 fully saturated rings. The van der Waals surface area contributed by atoms with Crippen molar-refractivity contribution in [2.24, 2.45) is 11.7 Å². The second-order valence-corrected chi connectivity index (χ2v) is 5.80. The molecule has 1 aliphatic rings. The monoisotopic (exact) mass is 320 g/mol. The molecule has 1 aliphatic heterocycles. The lowest BCUT2D eigenvalue weighted by Gasteiger charge is -2.29. The van der Waals surface area contributed by atoms with Crippen LogP contribution in [0.3, 0.4) is 0 Å². The fourth-order valence-electron chi connectivity index (χ4n) is 2.85. The van der Waals surface area contributed by atoms with Gasteiger partial charge in [-0.15, -0.1) is 0 Å². The van der Waals surface area contributed by atoms with E-state index in [9.17, 15) is 13.6 Å². The topological polar surface area (TPSA) is 64.2 Å². The Bertz CT molecular complexity index is 708. The molecule has 0 spiro atoms. The molecule has 2 N–H and O–H groups in total. The van der Waals surface area contributed by atoms with E-state index in [2.05, 4.69) is 10.00 Å². The van der Waals surface area contributed by atoms with Crippen LogP contribution in [-0.4, -0.2) is 33.7 Å². The quantitative estimate of drug-likeness (QED) is 0.935. The predicted molar refractivity (Wildman–Crippen MR) is 80.7 cm³/mol. The van der Waals surface area contributed by atoms with Crippen LogP contribution in [-0.2, 0) is 11.3 Å². The Labute approximate surface area is 132 Å². The molecule has 3 rings (SSSR count). The van der Waals surface area contributed by atoms with Crippen molar-refractivity contribution in [1.29, 1.82) is 0 Å². The molecular weight excluding hydrogens is 302 g/mol. The fourth-order valence-corrected chi connectivity index (χ4v) is 2.85. The van der Waals surface area contributed by atoms with E-state index in [0.29, 0.717) is 6.54 Å². The van der Waals surface area contributed by atoms with Gasteiger partial charge in [-0.1, -0.05) is 0 Å². The number of amides is 1. The number of halogens is 2. The van der Waals surface area contributed by atoms with E-state index in [1.807, 2.05) is 6.07 Å². The van der Waals surface area contributed by atoms with Crippen molar-refractivity contribution >= 4 is 5.91 Å². The minimum Gasteiger partial charge on any atom is -0.369 e. The number of rotatable bonds is 4. The summed E-state index contributed by atoms with van der Waals surface area (Å²) in [5.74, 6) is -1.55. The van der Waals surface area contributed by atoms with Gasteiger partial charge in [0.25, 0.3) is 0 Å². The summed E-state index contributed by atoms with van der Waals surface area (Å²) in [7, 11) is 0. The van der Waals surface area contributed by atoms with E-state index < -0.39 is 11.6 Å². The maximum Gasteiger partial charge on any atom is 0.220 e. The van der Waals surface area contributed by atoms with Gasteiger partial charge in [-0.05, 0) is 44.1 Å². The van der Waals surface area contributed by atoms with Crippen LogP contribution in [0.2, 0.25) is 0 Å². The van der Waals surface area contributed by atoms with Crippen molar-refractivity contribution < 1.29 is 13.6 Å². The van der Waals surface area contributed by atoms with Crippen LogP contribution in [0.4, 0.5) is 8.78 Å². The first-order valence-corrected chi connectivity index (χ1v) is 7.54. The number of benzene rings is 1. The van der Waals surface area contributed by atoms with Crippen molar-refractivity contribution in [2.45, 2.75) is 19.4 Å². The molecule has 1 amide bonds. The largest absolute Gasteiger partial charge is 0.369 e. The molecule has 0 saturated carbocycles. The molecule has 5 nitrogen and oxygen atoms in total. The number of likely N-dealkylation sites (tertiary alicyclic amines) is 1. The van der Waals surface area contributed by atoms with Crippen molar-refractivity contribution in [3.63, 3.8) is 0 Å². The van der Waals surface area contributed by atoms with Crippen LogP contribution in [0, 0.1) is 17.6 Å². The number of nitrogens with zero attached hydrogens (tertiary/aromatic N) is 3. The number of aromatic nitrogens is 2. The summed E-state index contributed by atoms with van der Waals surface area (Å²) in [5, 5.41) is 4.34. The van der Waals surface area contributed by atoms with Gasteiger partial charge in [0.1, 0.15) is 11.5 Å². The molecule has 23 heavy (non-hydrogen) atoms. The van der Waals surface area contributed by atoms with Crippen molar-refractivity contribution in [3.8, 4) is 5.69 Å². The molecule has 0 radical (unpaired) electrons. The lowest BCUT2D eigenvalue weighted by molar-refractivity contribution is -0.123. The van der Waals surface area contributed by atoms with E-state index in [1.165, 1.54) is 16.8 Å². The second kappa shape index (κ2) is 6.45. The summed E-state index contributed by atoms with van der Waals surface area (Å²) in [6, 6.07) is 5.21. The highest BCUT2D eigenvalue weighted by Gasteiger charge is 2.23. The summed E-state index contributed by atoms with van der Waals surface area (Å²) in [4.78, 5) is 13.3. The molecule has 0 unspecified atom stereocenters. The molecular formula is C16H18F2N4O. The third-order valence-corrected chi connectivity index (χ3v) is 4.18. The Morgan fingerprint density at radius 1 is 1.26 bits per heavy atom. The third kappa shape index (κ3) is 3.56. The Morgan fingerprint density at radius 2 is 2.00 bits per heavy atom. The van der Waals surface area contributed by atoms with Gasteiger partial charge in [0.05, 0.1) is 5.69 Å². The number of hydrogen-bond acceptors (Lipinski definition) is 3. The van der Waals surface area contributed by atoms with E-state index in [4.69, 9.17) is 5.73 Å². The van der Waals surface area contributed by atoms with Gasteiger partial charge >= 0.3 is 0 Å². The number of piperidine rings is 1. The summed E-state index contributed by atoms with van der Waals surface area (Å²) in [6.45, 7) is 2.19. The number of nitrogens with two attached hydrogens (primary N) is 1. The zero-order chi connectivity index (χ0) is 16.4. The summed E-state index contributed by atoms with van der Waals surface area (Å²) in [5.41, 5.74) is 6.33. The number of carbonyl (C=O) groups is 1. The highest BCUT2D eigenvalue weighted by Crippen LogP contribution is 2.19. The van der Waals surface area contributed by atoms with Crippen LogP contribution in [0.25, 0.3) is 5.69 Å². The molecule has 0 aliphatic carbocycles. The second-order valence-electron chi connectivity index (χ2n) is 5.80. The van der Waals surface area contributed by atoms with Gasteiger partial charge in [0, 0.05) is 24.7 Å². The van der Waals surface area contributed by atoms with Crippen molar-refractivity contribution in [1.82, 2.24) is 14.7 Å². The van der Waals surface area contributed by atoms with E-state index in [0.717, 1.165) is 37.7 Å². The van der Waals surface area contributed by atoms with Crippen molar-refractivity contribution in [3.05, 3.63) is 47.8 Å². The van der Waals surface area contributed by atoms with Gasteiger partial charge < -0.3 is 5.73 Å². The lowest BCUT2D eigenvalue weighted by Crippen LogP contribution is -2.38. The summed E-state index contributed by atoms with van der Waals surface area (Å²) in [6.07, 6.45) is 3.16. The van der Waals surface area contributed by atoms with E-state index in [-0.39, 0.29) is 17.5 Å². The Morgan fingerprint density at radius 3 is 2.65 bits per heavy atom. The van der Waals surface area contributed by atoms with Crippen LogP contribution in [0.1, 0.15) is 18.5 Å². The Kier molecular flexibility index (Phi) is 4.38. The zero-order valence-corrected chi connectivity index (χ0v) is 12.6. The molecule has 0 atom stereocenters. The fraction of sp³-hybridized carbons (Fsp3) is 0.375. The molecule has 122 valence electrons. The predicted octanol–water partition coefficient (Wildman–Crippen LogP) is 1.85. The first-order chi connectivity index (χ1) is 11.0. The molecule has 7 heteroatoms. The van der Waals surface area contributed by atoms with Crippen LogP contribution >= 0.6 is 0 Å². The number of hydrogen-bond donors (Lipinski definition) is 1. The standard InChI is InChI=1S/C16H18F2N4O/c17-12-1-2-15(14(18)9-12)22-8-5-13(20-22)10-21-6-3-11(4-7-21)16(19)23/h1-2,5,8-9,11H,3-4,6-7,10H2,(H2,19,23). The van der Waals surface area contributed by atoms with Gasteiger partial charge in [-0.25, -0.2) is 13.5 Å². The van der Waals surface area contributed by atoms with E-state index >= 15 is 0 Å². The SMILES string of the molecule is NC(=O)C1CCN(Cc2ccn(-c3ccc(F)cc3F)n2)CC1. The highest BCUT2D eigenvalue weighted by molar-refractivity contribution is 5.76. The van der Waals surface area contributed by atoms with Gasteiger partial charge in [0.15, 0.2) is 5.82 Å². The molecule has 2 aromatic rings. The maximum absolute atomic E-state index is 13.8. The average Bonchev–Trinajstić information content (AvgIpc) is 2.96. The third-order valence-electron chi connectivity index (χ3n) is 4.18. The van der Waals surface area contributed by atoms with Crippen molar-refractivity contribution in [2.75, 3.05) is 13.1 Å². The molecule has 2 heterocycles. The number of carbonyl (C=O) groups excluding carboxylic acids is 1. The molecule has 0 bridgehead atoms. The highest BCUT2D eigenvalue weighted by atomic mass is 19.1. The number of primary amides is 1. The smallest absolute Gasteiger partial charge is 0.220 e. The van der Waals surface area contributed by atoms with Gasteiger partial charge in [0.2, 0.25) is 5.91 Å². The average molecular weight is 320 g/mol.